The molecule has 5 heteroatoms. The van der Waals surface area contributed by atoms with Crippen LogP contribution in [0.25, 0.3) is 0 Å². The van der Waals surface area contributed by atoms with Crippen molar-refractivity contribution in [2.75, 3.05) is 13.2 Å². The van der Waals surface area contributed by atoms with E-state index < -0.39 is 11.9 Å². The van der Waals surface area contributed by atoms with Crippen LogP contribution in [-0.4, -0.2) is 30.3 Å². The molecule has 0 saturated heterocycles. The number of carboxylic acid groups (broad SMARTS) is 1. The summed E-state index contributed by atoms with van der Waals surface area (Å²) in [5.74, 6) is -1.89. The van der Waals surface area contributed by atoms with Crippen LogP contribution in [0.1, 0.15) is 6.92 Å². The molecule has 0 aliphatic rings. The van der Waals surface area contributed by atoms with Crippen molar-refractivity contribution in [1.29, 1.82) is 0 Å². The molecule has 0 bridgehead atoms. The van der Waals surface area contributed by atoms with Crippen LogP contribution in [0.2, 0.25) is 0 Å². The van der Waals surface area contributed by atoms with Gasteiger partial charge in [-0.1, -0.05) is 6.08 Å². The number of carbonyl (C=O) groups is 2. The van der Waals surface area contributed by atoms with E-state index in [4.69, 9.17) is 9.84 Å². The molecule has 0 saturated carbocycles. The largest absolute Gasteiger partial charge is 0.498 e. The summed E-state index contributed by atoms with van der Waals surface area (Å²) in [6, 6.07) is 0. The van der Waals surface area contributed by atoms with Gasteiger partial charge in [-0.05, 0) is 6.92 Å². The van der Waals surface area contributed by atoms with E-state index in [2.05, 4.69) is 4.74 Å². The van der Waals surface area contributed by atoms with Gasteiger partial charge in [0.1, 0.15) is 13.2 Å². The standard InChI is InChI=1S/C9H12O5/c1-2-5-13-6-7-14-9(12)4-3-8(10)11/h2-5H,6-7H2,1H3,(H,10,11). The lowest BCUT2D eigenvalue weighted by molar-refractivity contribution is -0.139. The van der Waals surface area contributed by atoms with Gasteiger partial charge in [-0.3, -0.25) is 0 Å². The summed E-state index contributed by atoms with van der Waals surface area (Å²) in [4.78, 5) is 20.7. The molecular weight excluding hydrogens is 188 g/mol. The van der Waals surface area contributed by atoms with Crippen molar-refractivity contribution in [2.24, 2.45) is 0 Å². The molecular formula is C9H12O5. The minimum absolute atomic E-state index is 0.0904. The molecule has 0 aromatic carbocycles. The van der Waals surface area contributed by atoms with Crippen molar-refractivity contribution >= 4 is 11.9 Å². The van der Waals surface area contributed by atoms with Gasteiger partial charge >= 0.3 is 11.9 Å². The molecule has 0 amide bonds. The second kappa shape index (κ2) is 7.85. The average Bonchev–Trinajstić information content (AvgIpc) is 2.14. The predicted molar refractivity (Wildman–Crippen MR) is 48.5 cm³/mol. The van der Waals surface area contributed by atoms with Crippen LogP contribution < -0.4 is 0 Å². The molecule has 0 aromatic heterocycles. The zero-order valence-electron chi connectivity index (χ0n) is 7.80. The average molecular weight is 200 g/mol. The highest BCUT2D eigenvalue weighted by Crippen LogP contribution is 1.84. The molecule has 0 atom stereocenters. The number of aliphatic carboxylic acids is 1. The summed E-state index contributed by atoms with van der Waals surface area (Å²) in [5.41, 5.74) is 0. The van der Waals surface area contributed by atoms with Crippen molar-refractivity contribution in [3.63, 3.8) is 0 Å². The molecule has 1 N–H and O–H groups in total. The summed E-state index contributed by atoms with van der Waals surface area (Å²) in [6.07, 6.45) is 4.74. The van der Waals surface area contributed by atoms with E-state index in [0.29, 0.717) is 0 Å². The van der Waals surface area contributed by atoms with Crippen molar-refractivity contribution in [3.05, 3.63) is 24.5 Å². The zero-order valence-corrected chi connectivity index (χ0v) is 7.80. The second-order valence-corrected chi connectivity index (χ2v) is 2.18. The first-order chi connectivity index (χ1) is 6.66. The van der Waals surface area contributed by atoms with Gasteiger partial charge in [0.15, 0.2) is 0 Å². The second-order valence-electron chi connectivity index (χ2n) is 2.18. The maximum Gasteiger partial charge on any atom is 0.331 e. The number of esters is 1. The fraction of sp³-hybridized carbons (Fsp3) is 0.333. The molecule has 0 spiro atoms. The molecule has 0 heterocycles. The summed E-state index contributed by atoms with van der Waals surface area (Å²) < 4.78 is 9.45. The van der Waals surface area contributed by atoms with Gasteiger partial charge in [0.2, 0.25) is 0 Å². The minimum atomic E-state index is -1.19. The van der Waals surface area contributed by atoms with Gasteiger partial charge in [-0.2, -0.15) is 0 Å². The molecule has 5 nitrogen and oxygen atoms in total. The highest BCUT2D eigenvalue weighted by molar-refractivity contribution is 5.90. The first kappa shape index (κ1) is 12.2. The topological polar surface area (TPSA) is 72.8 Å². The van der Waals surface area contributed by atoms with Gasteiger partial charge in [0, 0.05) is 12.2 Å². The lowest BCUT2D eigenvalue weighted by Gasteiger charge is -2.00. The van der Waals surface area contributed by atoms with Gasteiger partial charge in [0.05, 0.1) is 6.26 Å². The third-order valence-corrected chi connectivity index (χ3v) is 1.04. The molecule has 14 heavy (non-hydrogen) atoms. The van der Waals surface area contributed by atoms with Crippen LogP contribution in [0, 0.1) is 0 Å². The lowest BCUT2D eigenvalue weighted by atomic mass is 10.5. The van der Waals surface area contributed by atoms with Gasteiger partial charge < -0.3 is 14.6 Å². The highest BCUT2D eigenvalue weighted by atomic mass is 16.6. The Morgan fingerprint density at radius 3 is 2.57 bits per heavy atom. The molecule has 78 valence electrons. The van der Waals surface area contributed by atoms with E-state index in [1.807, 2.05) is 0 Å². The smallest absolute Gasteiger partial charge is 0.331 e. The third-order valence-electron chi connectivity index (χ3n) is 1.04. The fourth-order valence-corrected chi connectivity index (χ4v) is 0.542. The molecule has 0 aromatic rings. The van der Waals surface area contributed by atoms with Crippen molar-refractivity contribution in [3.8, 4) is 0 Å². The van der Waals surface area contributed by atoms with E-state index in [-0.39, 0.29) is 13.2 Å². The highest BCUT2D eigenvalue weighted by Gasteiger charge is 1.97. The fourth-order valence-electron chi connectivity index (χ4n) is 0.542. The van der Waals surface area contributed by atoms with Crippen molar-refractivity contribution in [1.82, 2.24) is 0 Å². The summed E-state index contributed by atoms with van der Waals surface area (Å²) in [5, 5.41) is 8.18. The maximum absolute atomic E-state index is 10.7. The number of rotatable bonds is 6. The summed E-state index contributed by atoms with van der Waals surface area (Å²) in [6.45, 7) is 2.13. The normalized spacial score (nSPS) is 10.6. The van der Waals surface area contributed by atoms with Gasteiger partial charge in [-0.15, -0.1) is 0 Å². The number of hydrogen-bond donors (Lipinski definition) is 1. The molecule has 0 aliphatic heterocycles. The first-order valence-electron chi connectivity index (χ1n) is 3.97. The monoisotopic (exact) mass is 200 g/mol. The molecule has 0 aliphatic carbocycles. The van der Waals surface area contributed by atoms with Gasteiger partial charge in [-0.25, -0.2) is 9.59 Å². The zero-order chi connectivity index (χ0) is 10.8. The Morgan fingerprint density at radius 2 is 2.00 bits per heavy atom. The first-order valence-corrected chi connectivity index (χ1v) is 3.97. The number of carboxylic acids is 1. The van der Waals surface area contributed by atoms with E-state index in [0.717, 1.165) is 12.2 Å². The predicted octanol–water partition coefficient (Wildman–Crippen LogP) is 0.721. The third kappa shape index (κ3) is 8.32. The van der Waals surface area contributed by atoms with Crippen LogP contribution in [0.15, 0.2) is 24.5 Å². The Balaban J connectivity index is 3.49. The number of hydrogen-bond acceptors (Lipinski definition) is 4. The Labute approximate surface area is 81.6 Å². The van der Waals surface area contributed by atoms with Crippen LogP contribution in [0.4, 0.5) is 0 Å². The van der Waals surface area contributed by atoms with Crippen LogP contribution in [0.5, 0.6) is 0 Å². The Hall–Kier alpha value is -1.78. The summed E-state index contributed by atoms with van der Waals surface area (Å²) >= 11 is 0. The van der Waals surface area contributed by atoms with Crippen LogP contribution >= 0.6 is 0 Å². The summed E-state index contributed by atoms with van der Waals surface area (Å²) in [7, 11) is 0. The SMILES string of the molecule is CC=COCCOC(=O)C=CC(=O)O. The number of carbonyl (C=O) groups excluding carboxylic acids is 1. The molecule has 0 radical (unpaired) electrons. The van der Waals surface area contributed by atoms with E-state index in [1.165, 1.54) is 6.26 Å². The number of ether oxygens (including phenoxy) is 2. The number of allylic oxidation sites excluding steroid dienone is 1. The van der Waals surface area contributed by atoms with Crippen molar-refractivity contribution in [2.45, 2.75) is 6.92 Å². The van der Waals surface area contributed by atoms with E-state index in [1.54, 1.807) is 13.0 Å². The van der Waals surface area contributed by atoms with Gasteiger partial charge in [0.25, 0.3) is 0 Å². The lowest BCUT2D eigenvalue weighted by Crippen LogP contribution is -2.07. The maximum atomic E-state index is 10.7. The van der Waals surface area contributed by atoms with E-state index >= 15 is 0 Å². The van der Waals surface area contributed by atoms with Crippen LogP contribution in [0.3, 0.4) is 0 Å². The molecule has 0 unspecified atom stereocenters. The quantitative estimate of drug-likeness (QED) is 0.296. The Bertz CT molecular complexity index is 242. The molecule has 0 fully saturated rings. The minimum Gasteiger partial charge on any atom is -0.498 e. The Morgan fingerprint density at radius 1 is 1.29 bits per heavy atom. The van der Waals surface area contributed by atoms with E-state index in [9.17, 15) is 9.59 Å². The Kier molecular flexibility index (Phi) is 6.85. The van der Waals surface area contributed by atoms with Crippen LogP contribution in [-0.2, 0) is 19.1 Å². The van der Waals surface area contributed by atoms with Crippen molar-refractivity contribution < 1.29 is 24.2 Å². The molecule has 0 rings (SSSR count).